The second-order valence-corrected chi connectivity index (χ2v) is 7.67. The number of nitrogens with zero attached hydrogens (tertiary/aromatic N) is 4. The molecule has 0 saturated carbocycles. The summed E-state index contributed by atoms with van der Waals surface area (Å²) in [6.07, 6.45) is -1.81. The second kappa shape index (κ2) is 8.13. The van der Waals surface area contributed by atoms with Crippen LogP contribution >= 0.6 is 0 Å². The van der Waals surface area contributed by atoms with Crippen LogP contribution < -0.4 is 10.5 Å². The van der Waals surface area contributed by atoms with Crippen molar-refractivity contribution in [1.82, 2.24) is 19.3 Å². The van der Waals surface area contributed by atoms with E-state index in [2.05, 4.69) is 14.7 Å². The minimum absolute atomic E-state index is 0.101. The van der Waals surface area contributed by atoms with Gasteiger partial charge in [0.15, 0.2) is 0 Å². The van der Waals surface area contributed by atoms with Crippen LogP contribution in [0.25, 0.3) is 16.6 Å². The number of benzene rings is 2. The van der Waals surface area contributed by atoms with Crippen LogP contribution in [0.3, 0.4) is 0 Å². The number of fused-ring (bicyclic) bond motifs is 3. The fraction of sp³-hybridized carbons (Fsp3) is 0.227. The summed E-state index contributed by atoms with van der Waals surface area (Å²) in [5.41, 5.74) is 7.47. The molecule has 0 bridgehead atoms. The average molecular weight is 475 g/mol. The van der Waals surface area contributed by atoms with Crippen molar-refractivity contribution in [2.45, 2.75) is 12.4 Å². The SMILES string of the molecule is Nc1nc2cc(F)c(C(=O)N3CCOC[C@@H]3c3ccc(OC(F)(F)F)cc3)cc2n2cncc12. The summed E-state index contributed by atoms with van der Waals surface area (Å²) in [6.45, 7) is 0.503. The van der Waals surface area contributed by atoms with Crippen molar-refractivity contribution in [2.75, 3.05) is 25.5 Å². The molecular weight excluding hydrogens is 458 g/mol. The standard InChI is InChI=1S/C22H17F4N5O3/c23-15-8-16-17(31-11-28-9-18(31)20(27)29-16)7-14(15)21(32)30-5-6-33-10-19(30)12-1-3-13(4-2-12)34-22(24,25)26/h1-4,7-9,11,19H,5-6,10H2,(H2,27,29)/t19-/m1/s1. The molecule has 1 amide bonds. The highest BCUT2D eigenvalue weighted by molar-refractivity contribution is 5.98. The largest absolute Gasteiger partial charge is 0.573 e. The zero-order valence-electron chi connectivity index (χ0n) is 17.4. The lowest BCUT2D eigenvalue weighted by Gasteiger charge is -2.36. The Balaban J connectivity index is 1.50. The lowest BCUT2D eigenvalue weighted by atomic mass is 10.0. The van der Waals surface area contributed by atoms with Crippen LogP contribution in [0.1, 0.15) is 22.0 Å². The van der Waals surface area contributed by atoms with Gasteiger partial charge in [-0.15, -0.1) is 13.2 Å². The first-order valence-corrected chi connectivity index (χ1v) is 10.2. The van der Waals surface area contributed by atoms with Crippen LogP contribution in [0.15, 0.2) is 48.9 Å². The zero-order valence-corrected chi connectivity index (χ0v) is 17.4. The lowest BCUT2D eigenvalue weighted by Crippen LogP contribution is -2.43. The molecule has 0 unspecified atom stereocenters. The van der Waals surface area contributed by atoms with Crippen molar-refractivity contribution in [3.05, 3.63) is 65.9 Å². The first-order valence-electron chi connectivity index (χ1n) is 10.2. The van der Waals surface area contributed by atoms with Gasteiger partial charge in [-0.3, -0.25) is 9.20 Å². The molecule has 1 atom stereocenters. The number of hydrogen-bond donors (Lipinski definition) is 1. The highest BCUT2D eigenvalue weighted by atomic mass is 19.4. The van der Waals surface area contributed by atoms with E-state index in [-0.39, 0.29) is 42.4 Å². The third-order valence-corrected chi connectivity index (χ3v) is 5.58. The van der Waals surface area contributed by atoms with Crippen LogP contribution in [-0.4, -0.2) is 51.3 Å². The maximum Gasteiger partial charge on any atom is 0.573 e. The van der Waals surface area contributed by atoms with E-state index >= 15 is 4.39 Å². The molecule has 176 valence electrons. The van der Waals surface area contributed by atoms with E-state index in [1.807, 2.05) is 0 Å². The van der Waals surface area contributed by atoms with Gasteiger partial charge >= 0.3 is 6.36 Å². The molecular formula is C22H17F4N5O3. The maximum absolute atomic E-state index is 15.0. The van der Waals surface area contributed by atoms with Crippen molar-refractivity contribution in [2.24, 2.45) is 0 Å². The second-order valence-electron chi connectivity index (χ2n) is 7.67. The number of anilines is 1. The summed E-state index contributed by atoms with van der Waals surface area (Å²) in [5.74, 6) is -1.58. The smallest absolute Gasteiger partial charge is 0.406 e. The molecule has 2 aromatic carbocycles. The predicted molar refractivity (Wildman–Crippen MR) is 113 cm³/mol. The summed E-state index contributed by atoms with van der Waals surface area (Å²) in [4.78, 5) is 23.1. The zero-order chi connectivity index (χ0) is 24.0. The van der Waals surface area contributed by atoms with Gasteiger partial charge in [-0.2, -0.15) is 0 Å². The van der Waals surface area contributed by atoms with Crippen LogP contribution in [0.5, 0.6) is 5.75 Å². The molecule has 2 N–H and O–H groups in total. The molecule has 0 radical (unpaired) electrons. The topological polar surface area (TPSA) is 95.0 Å². The number of carbonyl (C=O) groups is 1. The molecule has 34 heavy (non-hydrogen) atoms. The number of hydrogen-bond acceptors (Lipinski definition) is 6. The Morgan fingerprint density at radius 3 is 2.68 bits per heavy atom. The third kappa shape index (κ3) is 3.96. The Bertz CT molecular complexity index is 1390. The van der Waals surface area contributed by atoms with E-state index < -0.39 is 24.1 Å². The lowest BCUT2D eigenvalue weighted by molar-refractivity contribution is -0.274. The average Bonchev–Trinajstić information content (AvgIpc) is 3.29. The molecule has 2 aromatic heterocycles. The number of rotatable bonds is 3. The fourth-order valence-electron chi connectivity index (χ4n) is 4.03. The van der Waals surface area contributed by atoms with E-state index in [1.54, 1.807) is 4.40 Å². The van der Waals surface area contributed by atoms with Gasteiger partial charge in [-0.05, 0) is 23.8 Å². The van der Waals surface area contributed by atoms with Crippen molar-refractivity contribution < 1.29 is 31.8 Å². The van der Waals surface area contributed by atoms with Gasteiger partial charge in [0.25, 0.3) is 5.91 Å². The molecule has 3 heterocycles. The number of nitrogens with two attached hydrogens (primary N) is 1. The Morgan fingerprint density at radius 1 is 1.18 bits per heavy atom. The maximum atomic E-state index is 15.0. The first kappa shape index (κ1) is 21.9. The molecule has 12 heteroatoms. The Hall–Kier alpha value is -3.93. The molecule has 5 rings (SSSR count). The minimum Gasteiger partial charge on any atom is -0.406 e. The minimum atomic E-state index is -4.81. The Kier molecular flexibility index (Phi) is 5.24. The van der Waals surface area contributed by atoms with Crippen LogP contribution in [0, 0.1) is 5.82 Å². The Morgan fingerprint density at radius 2 is 1.94 bits per heavy atom. The number of halogens is 4. The van der Waals surface area contributed by atoms with E-state index in [1.165, 1.54) is 35.6 Å². The predicted octanol–water partition coefficient (Wildman–Crippen LogP) is 3.72. The van der Waals surface area contributed by atoms with Gasteiger partial charge in [0.1, 0.15) is 22.9 Å². The van der Waals surface area contributed by atoms with Gasteiger partial charge in [-0.1, -0.05) is 12.1 Å². The van der Waals surface area contributed by atoms with Crippen LogP contribution in [0.4, 0.5) is 23.4 Å². The molecule has 0 aliphatic carbocycles. The van der Waals surface area contributed by atoms with Crippen molar-refractivity contribution in [3.63, 3.8) is 0 Å². The van der Waals surface area contributed by atoms with Gasteiger partial charge in [0.05, 0.1) is 48.4 Å². The molecule has 1 fully saturated rings. The highest BCUT2D eigenvalue weighted by Gasteiger charge is 2.33. The summed E-state index contributed by atoms with van der Waals surface area (Å²) >= 11 is 0. The van der Waals surface area contributed by atoms with E-state index in [0.717, 1.165) is 18.2 Å². The first-order chi connectivity index (χ1) is 16.2. The summed E-state index contributed by atoms with van der Waals surface area (Å²) in [5, 5.41) is 0. The number of aromatic nitrogens is 3. The number of carbonyl (C=O) groups excluding carboxylic acids is 1. The number of amides is 1. The molecule has 1 saturated heterocycles. The van der Waals surface area contributed by atoms with Crippen molar-refractivity contribution >= 4 is 28.3 Å². The van der Waals surface area contributed by atoms with Crippen LogP contribution in [0.2, 0.25) is 0 Å². The number of alkyl halides is 3. The molecule has 0 spiro atoms. The summed E-state index contributed by atoms with van der Waals surface area (Å²) < 4.78 is 63.4. The summed E-state index contributed by atoms with van der Waals surface area (Å²) in [6, 6.07) is 7.04. The number of morpholine rings is 1. The van der Waals surface area contributed by atoms with Gasteiger partial charge < -0.3 is 20.1 Å². The monoisotopic (exact) mass is 475 g/mol. The molecule has 8 nitrogen and oxygen atoms in total. The van der Waals surface area contributed by atoms with Crippen molar-refractivity contribution in [1.29, 1.82) is 0 Å². The molecule has 4 aromatic rings. The third-order valence-electron chi connectivity index (χ3n) is 5.58. The van der Waals surface area contributed by atoms with E-state index in [0.29, 0.717) is 16.6 Å². The van der Waals surface area contributed by atoms with E-state index in [4.69, 9.17) is 10.5 Å². The number of imidazole rings is 1. The molecule has 1 aliphatic rings. The summed E-state index contributed by atoms with van der Waals surface area (Å²) in [7, 11) is 0. The highest BCUT2D eigenvalue weighted by Crippen LogP contribution is 2.31. The van der Waals surface area contributed by atoms with Crippen LogP contribution in [-0.2, 0) is 4.74 Å². The quantitative estimate of drug-likeness (QED) is 0.454. The Labute approximate surface area is 189 Å². The van der Waals surface area contributed by atoms with Gasteiger partial charge in [-0.25, -0.2) is 14.4 Å². The van der Waals surface area contributed by atoms with Gasteiger partial charge in [0.2, 0.25) is 0 Å². The molecule has 1 aliphatic heterocycles. The van der Waals surface area contributed by atoms with E-state index in [9.17, 15) is 18.0 Å². The van der Waals surface area contributed by atoms with Gasteiger partial charge in [0, 0.05) is 12.6 Å². The number of nitrogen functional groups attached to an aromatic ring is 1. The number of ether oxygens (including phenoxy) is 2. The van der Waals surface area contributed by atoms with Crippen molar-refractivity contribution in [3.8, 4) is 5.75 Å². The normalized spacial score (nSPS) is 16.8. The fourth-order valence-corrected chi connectivity index (χ4v) is 4.03.